The Morgan fingerprint density at radius 1 is 0.950 bits per heavy atom. The minimum absolute atomic E-state index is 0.0934. The molecule has 0 bridgehead atoms. The number of rotatable bonds is 13. The van der Waals surface area contributed by atoms with Crippen LogP contribution in [0.15, 0.2) is 83.8 Å². The summed E-state index contributed by atoms with van der Waals surface area (Å²) in [5.74, 6) is -0.160. The highest BCUT2D eigenvalue weighted by Crippen LogP contribution is 2.20. The number of ether oxygens (including phenoxy) is 1. The molecule has 0 aliphatic heterocycles. The second kappa shape index (κ2) is 14.1. The first-order valence-corrected chi connectivity index (χ1v) is 14.8. The number of aryl methyl sites for hydroxylation is 1. The summed E-state index contributed by atoms with van der Waals surface area (Å²) in [5, 5.41) is 3.02. The standard InChI is InChI=1S/C31H39N3O5S/c1-6-24(3)32-31(36)29(20-25-11-8-7-9-12-25)34(21-26-13-10-14-27(19-26)39-5)30(35)22-33(4)40(37,38)28-17-15-23(2)16-18-28/h7-19,24,29H,6,20-22H2,1-5H3,(H,32,36). The molecule has 3 aromatic carbocycles. The van der Waals surface area contributed by atoms with E-state index in [2.05, 4.69) is 5.32 Å². The highest BCUT2D eigenvalue weighted by Gasteiger charge is 2.33. The molecule has 214 valence electrons. The molecule has 8 nitrogen and oxygen atoms in total. The van der Waals surface area contributed by atoms with Crippen molar-refractivity contribution in [3.05, 3.63) is 95.6 Å². The van der Waals surface area contributed by atoms with E-state index in [1.807, 2.05) is 63.2 Å². The van der Waals surface area contributed by atoms with Crippen molar-refractivity contribution in [2.45, 2.75) is 57.1 Å². The third-order valence-electron chi connectivity index (χ3n) is 6.85. The number of nitrogens with zero attached hydrogens (tertiary/aromatic N) is 2. The number of likely N-dealkylation sites (N-methyl/N-ethyl adjacent to an activating group) is 1. The van der Waals surface area contributed by atoms with E-state index in [0.29, 0.717) is 5.75 Å². The van der Waals surface area contributed by atoms with Gasteiger partial charge in [-0.2, -0.15) is 4.31 Å². The summed E-state index contributed by atoms with van der Waals surface area (Å²) >= 11 is 0. The fraction of sp³-hybridized carbons (Fsp3) is 0.355. The van der Waals surface area contributed by atoms with Crippen molar-refractivity contribution < 1.29 is 22.7 Å². The maximum Gasteiger partial charge on any atom is 0.243 e. The molecule has 1 N–H and O–H groups in total. The summed E-state index contributed by atoms with van der Waals surface area (Å²) in [6.07, 6.45) is 0.998. The van der Waals surface area contributed by atoms with Gasteiger partial charge in [0.05, 0.1) is 18.6 Å². The predicted molar refractivity (Wildman–Crippen MR) is 156 cm³/mol. The highest BCUT2D eigenvalue weighted by molar-refractivity contribution is 7.89. The second-order valence-electron chi connectivity index (χ2n) is 9.97. The van der Waals surface area contributed by atoms with E-state index in [0.717, 1.165) is 27.4 Å². The van der Waals surface area contributed by atoms with Gasteiger partial charge in [0.25, 0.3) is 0 Å². The minimum atomic E-state index is -3.93. The quantitative estimate of drug-likeness (QED) is 0.336. The molecule has 2 atom stereocenters. The van der Waals surface area contributed by atoms with Crippen molar-refractivity contribution in [3.63, 3.8) is 0 Å². The maximum absolute atomic E-state index is 13.9. The molecular weight excluding hydrogens is 526 g/mol. The lowest BCUT2D eigenvalue weighted by Crippen LogP contribution is -2.54. The first kappa shape index (κ1) is 30.8. The van der Waals surface area contributed by atoms with Gasteiger partial charge in [0, 0.05) is 26.1 Å². The smallest absolute Gasteiger partial charge is 0.243 e. The van der Waals surface area contributed by atoms with Gasteiger partial charge >= 0.3 is 0 Å². The fourth-order valence-electron chi connectivity index (χ4n) is 4.22. The molecule has 0 fully saturated rings. The number of nitrogens with one attached hydrogen (secondary N) is 1. The summed E-state index contributed by atoms with van der Waals surface area (Å²) in [5.41, 5.74) is 2.57. The van der Waals surface area contributed by atoms with Crippen molar-refractivity contribution in [2.24, 2.45) is 0 Å². The summed E-state index contributed by atoms with van der Waals surface area (Å²) in [7, 11) is -0.993. The van der Waals surface area contributed by atoms with Crippen LogP contribution in [0.25, 0.3) is 0 Å². The van der Waals surface area contributed by atoms with Crippen molar-refractivity contribution in [1.29, 1.82) is 0 Å². The van der Waals surface area contributed by atoms with E-state index >= 15 is 0 Å². The lowest BCUT2D eigenvalue weighted by atomic mass is 10.0. The average Bonchev–Trinajstić information content (AvgIpc) is 2.95. The third-order valence-corrected chi connectivity index (χ3v) is 8.66. The molecule has 0 heterocycles. The van der Waals surface area contributed by atoms with Gasteiger partial charge in [0.2, 0.25) is 21.8 Å². The molecule has 2 unspecified atom stereocenters. The summed E-state index contributed by atoms with van der Waals surface area (Å²) in [4.78, 5) is 29.2. The Balaban J connectivity index is 1.99. The SMILES string of the molecule is CCC(C)NC(=O)C(Cc1ccccc1)N(Cc1cccc(OC)c1)C(=O)CN(C)S(=O)(=O)c1ccc(C)cc1. The van der Waals surface area contributed by atoms with Gasteiger partial charge in [0.1, 0.15) is 11.8 Å². The summed E-state index contributed by atoms with van der Waals surface area (Å²) in [6, 6.07) is 22.3. The zero-order valence-corrected chi connectivity index (χ0v) is 24.6. The van der Waals surface area contributed by atoms with Crippen LogP contribution >= 0.6 is 0 Å². The van der Waals surface area contributed by atoms with Gasteiger partial charge in [-0.05, 0) is 55.7 Å². The molecule has 3 rings (SSSR count). The van der Waals surface area contributed by atoms with Crippen LogP contribution in [0.2, 0.25) is 0 Å². The Labute approximate surface area is 238 Å². The number of amides is 2. The largest absolute Gasteiger partial charge is 0.497 e. The molecular formula is C31H39N3O5S. The molecule has 0 spiro atoms. The molecule has 0 radical (unpaired) electrons. The molecule has 0 aliphatic rings. The van der Waals surface area contributed by atoms with Gasteiger partial charge < -0.3 is 15.0 Å². The Hall–Kier alpha value is -3.69. The van der Waals surface area contributed by atoms with Crippen molar-refractivity contribution in [3.8, 4) is 5.75 Å². The zero-order chi connectivity index (χ0) is 29.3. The normalized spacial score (nSPS) is 12.9. The van der Waals surface area contributed by atoms with Crippen LogP contribution in [0.4, 0.5) is 0 Å². The number of benzene rings is 3. The Bertz CT molecular complexity index is 1380. The number of methoxy groups -OCH3 is 1. The number of sulfonamides is 1. The Morgan fingerprint density at radius 2 is 1.60 bits per heavy atom. The maximum atomic E-state index is 13.9. The lowest BCUT2D eigenvalue weighted by Gasteiger charge is -2.33. The van der Waals surface area contributed by atoms with Crippen molar-refractivity contribution >= 4 is 21.8 Å². The first-order chi connectivity index (χ1) is 19.0. The predicted octanol–water partition coefficient (Wildman–Crippen LogP) is 4.18. The van der Waals surface area contributed by atoms with Crippen molar-refractivity contribution in [1.82, 2.24) is 14.5 Å². The van der Waals surface area contributed by atoms with Gasteiger partial charge in [-0.3, -0.25) is 9.59 Å². The van der Waals surface area contributed by atoms with Crippen LogP contribution < -0.4 is 10.1 Å². The van der Waals surface area contributed by atoms with Crippen molar-refractivity contribution in [2.75, 3.05) is 20.7 Å². The second-order valence-corrected chi connectivity index (χ2v) is 12.0. The van der Waals surface area contributed by atoms with E-state index in [4.69, 9.17) is 4.74 Å². The van der Waals surface area contributed by atoms with E-state index in [1.54, 1.807) is 31.4 Å². The summed E-state index contributed by atoms with van der Waals surface area (Å²) in [6.45, 7) is 5.42. The van der Waals surface area contributed by atoms with E-state index in [-0.39, 0.29) is 29.8 Å². The molecule has 3 aromatic rings. The molecule has 0 aliphatic carbocycles. The fourth-order valence-corrected chi connectivity index (χ4v) is 5.34. The third kappa shape index (κ3) is 8.16. The van der Waals surface area contributed by atoms with Crippen LogP contribution in [0.5, 0.6) is 5.75 Å². The number of carbonyl (C=O) groups is 2. The van der Waals surface area contributed by atoms with E-state index < -0.39 is 28.5 Å². The molecule has 0 saturated carbocycles. The van der Waals surface area contributed by atoms with Crippen LogP contribution in [-0.2, 0) is 32.6 Å². The Kier molecular flexibility index (Phi) is 10.9. The van der Waals surface area contributed by atoms with Gasteiger partial charge in [0.15, 0.2) is 0 Å². The molecule has 0 aromatic heterocycles. The number of carbonyl (C=O) groups excluding carboxylic acids is 2. The Morgan fingerprint density at radius 3 is 2.23 bits per heavy atom. The van der Waals surface area contributed by atoms with Gasteiger partial charge in [-0.15, -0.1) is 0 Å². The summed E-state index contributed by atoms with van der Waals surface area (Å²) < 4.78 is 33.0. The topological polar surface area (TPSA) is 96.0 Å². The monoisotopic (exact) mass is 565 g/mol. The highest BCUT2D eigenvalue weighted by atomic mass is 32.2. The molecule has 40 heavy (non-hydrogen) atoms. The molecule has 0 saturated heterocycles. The van der Waals surface area contributed by atoms with Crippen LogP contribution in [0.3, 0.4) is 0 Å². The first-order valence-electron chi connectivity index (χ1n) is 13.3. The van der Waals surface area contributed by atoms with Gasteiger partial charge in [-0.1, -0.05) is 67.1 Å². The molecule has 9 heteroatoms. The molecule has 2 amide bonds. The van der Waals surface area contributed by atoms with Crippen LogP contribution in [0.1, 0.15) is 37.0 Å². The number of hydrogen-bond donors (Lipinski definition) is 1. The van der Waals surface area contributed by atoms with Crippen LogP contribution in [0, 0.1) is 6.92 Å². The van der Waals surface area contributed by atoms with Crippen LogP contribution in [-0.4, -0.2) is 62.2 Å². The average molecular weight is 566 g/mol. The zero-order valence-electron chi connectivity index (χ0n) is 23.8. The van der Waals surface area contributed by atoms with Gasteiger partial charge in [-0.25, -0.2) is 8.42 Å². The van der Waals surface area contributed by atoms with E-state index in [9.17, 15) is 18.0 Å². The minimum Gasteiger partial charge on any atom is -0.497 e. The van der Waals surface area contributed by atoms with E-state index in [1.165, 1.54) is 24.1 Å². The lowest BCUT2D eigenvalue weighted by molar-refractivity contribution is -0.141. The number of hydrogen-bond acceptors (Lipinski definition) is 5.